The third-order valence-electron chi connectivity index (χ3n) is 3.47. The maximum absolute atomic E-state index is 5.77. The molecule has 2 aromatic rings. The van der Waals surface area contributed by atoms with E-state index in [1.807, 2.05) is 25.1 Å². The van der Waals surface area contributed by atoms with Gasteiger partial charge in [-0.05, 0) is 36.6 Å². The predicted molar refractivity (Wildman–Crippen MR) is 77.7 cm³/mol. The summed E-state index contributed by atoms with van der Waals surface area (Å²) in [7, 11) is 1.66. The van der Waals surface area contributed by atoms with E-state index in [1.165, 1.54) is 0 Å². The van der Waals surface area contributed by atoms with E-state index >= 15 is 0 Å². The third-order valence-corrected chi connectivity index (χ3v) is 3.47. The van der Waals surface area contributed by atoms with Gasteiger partial charge in [0.2, 0.25) is 11.7 Å². The fourth-order valence-corrected chi connectivity index (χ4v) is 2.18. The molecule has 1 heterocycles. The van der Waals surface area contributed by atoms with E-state index in [-0.39, 0.29) is 5.92 Å². The highest BCUT2D eigenvalue weighted by molar-refractivity contribution is 5.58. The molecular weight excluding hydrogens is 254 g/mol. The van der Waals surface area contributed by atoms with Gasteiger partial charge in [0, 0.05) is 12.1 Å². The van der Waals surface area contributed by atoms with Crippen molar-refractivity contribution in [3.05, 3.63) is 29.7 Å². The second-order valence-electron chi connectivity index (χ2n) is 5.23. The summed E-state index contributed by atoms with van der Waals surface area (Å²) < 4.78 is 10.6. The van der Waals surface area contributed by atoms with Crippen LogP contribution in [0, 0.1) is 12.8 Å². The Kier molecular flexibility index (Phi) is 4.39. The summed E-state index contributed by atoms with van der Waals surface area (Å²) in [6.07, 6.45) is 0. The molecule has 0 saturated carbocycles. The number of methoxy groups -OCH3 is 1. The SMILES string of the molecule is COc1ccc(-c2noc(C(CN)C(C)C)n2)cc1C. The average molecular weight is 275 g/mol. The summed E-state index contributed by atoms with van der Waals surface area (Å²) in [6.45, 7) is 6.68. The first kappa shape index (κ1) is 14.5. The van der Waals surface area contributed by atoms with Crippen LogP contribution in [-0.4, -0.2) is 23.8 Å². The smallest absolute Gasteiger partial charge is 0.231 e. The molecule has 1 atom stereocenters. The number of aromatic nitrogens is 2. The number of hydrogen-bond donors (Lipinski definition) is 1. The molecule has 0 aliphatic heterocycles. The van der Waals surface area contributed by atoms with Crippen LogP contribution in [0.2, 0.25) is 0 Å². The van der Waals surface area contributed by atoms with Crippen molar-refractivity contribution in [2.24, 2.45) is 11.7 Å². The minimum absolute atomic E-state index is 0.0931. The largest absolute Gasteiger partial charge is 0.496 e. The number of nitrogens with two attached hydrogens (primary N) is 1. The van der Waals surface area contributed by atoms with Crippen LogP contribution in [0.5, 0.6) is 5.75 Å². The number of nitrogens with zero attached hydrogens (tertiary/aromatic N) is 2. The van der Waals surface area contributed by atoms with E-state index in [1.54, 1.807) is 7.11 Å². The Labute approximate surface area is 119 Å². The molecule has 5 heteroatoms. The van der Waals surface area contributed by atoms with Gasteiger partial charge in [0.05, 0.1) is 13.0 Å². The third kappa shape index (κ3) is 2.82. The summed E-state index contributed by atoms with van der Waals surface area (Å²) in [5.41, 5.74) is 7.72. The van der Waals surface area contributed by atoms with E-state index in [9.17, 15) is 0 Å². The molecule has 1 unspecified atom stereocenters. The lowest BCUT2D eigenvalue weighted by molar-refractivity contribution is 0.324. The first-order valence-electron chi connectivity index (χ1n) is 6.75. The lowest BCUT2D eigenvalue weighted by atomic mass is 9.96. The van der Waals surface area contributed by atoms with Crippen LogP contribution in [0.15, 0.2) is 22.7 Å². The van der Waals surface area contributed by atoms with Crippen LogP contribution in [0.4, 0.5) is 0 Å². The Bertz CT molecular complexity index is 578. The maximum atomic E-state index is 5.77. The van der Waals surface area contributed by atoms with Crippen LogP contribution in [0.25, 0.3) is 11.4 Å². The second-order valence-corrected chi connectivity index (χ2v) is 5.23. The topological polar surface area (TPSA) is 74.2 Å². The Morgan fingerprint density at radius 2 is 2.10 bits per heavy atom. The van der Waals surface area contributed by atoms with Crippen molar-refractivity contribution >= 4 is 0 Å². The zero-order chi connectivity index (χ0) is 14.7. The van der Waals surface area contributed by atoms with Crippen molar-refractivity contribution in [2.75, 3.05) is 13.7 Å². The Morgan fingerprint density at radius 3 is 2.65 bits per heavy atom. The molecule has 0 radical (unpaired) electrons. The highest BCUT2D eigenvalue weighted by Gasteiger charge is 2.21. The van der Waals surface area contributed by atoms with Crippen LogP contribution >= 0.6 is 0 Å². The minimum atomic E-state index is 0.0931. The summed E-state index contributed by atoms with van der Waals surface area (Å²) in [4.78, 5) is 4.47. The number of hydrogen-bond acceptors (Lipinski definition) is 5. The molecule has 1 aromatic heterocycles. The van der Waals surface area contributed by atoms with Gasteiger partial charge < -0.3 is 15.0 Å². The Balaban J connectivity index is 2.31. The summed E-state index contributed by atoms with van der Waals surface area (Å²) in [6, 6.07) is 5.82. The van der Waals surface area contributed by atoms with Crippen LogP contribution < -0.4 is 10.5 Å². The van der Waals surface area contributed by atoms with Crippen molar-refractivity contribution in [3.8, 4) is 17.1 Å². The first-order chi connectivity index (χ1) is 9.56. The zero-order valence-corrected chi connectivity index (χ0v) is 12.4. The van der Waals surface area contributed by atoms with Gasteiger partial charge in [0.25, 0.3) is 0 Å². The molecule has 0 saturated heterocycles. The lowest BCUT2D eigenvalue weighted by Gasteiger charge is -2.13. The average Bonchev–Trinajstić information content (AvgIpc) is 2.88. The molecular formula is C15H21N3O2. The van der Waals surface area contributed by atoms with Gasteiger partial charge in [0.1, 0.15) is 5.75 Å². The molecule has 0 amide bonds. The molecule has 0 aliphatic rings. The second kappa shape index (κ2) is 6.05. The maximum Gasteiger partial charge on any atom is 0.231 e. The number of rotatable bonds is 5. The van der Waals surface area contributed by atoms with Gasteiger partial charge in [-0.15, -0.1) is 0 Å². The van der Waals surface area contributed by atoms with Crippen LogP contribution in [0.3, 0.4) is 0 Å². The Hall–Kier alpha value is -1.88. The highest BCUT2D eigenvalue weighted by atomic mass is 16.5. The number of aryl methyl sites for hydroxylation is 1. The molecule has 0 spiro atoms. The molecule has 0 aliphatic carbocycles. The molecule has 0 fully saturated rings. The molecule has 0 bridgehead atoms. The van der Waals surface area contributed by atoms with Crippen LogP contribution in [-0.2, 0) is 0 Å². The summed E-state index contributed by atoms with van der Waals surface area (Å²) in [5.74, 6) is 2.50. The van der Waals surface area contributed by atoms with Crippen molar-refractivity contribution in [1.29, 1.82) is 0 Å². The van der Waals surface area contributed by atoms with Gasteiger partial charge in [-0.25, -0.2) is 0 Å². The first-order valence-corrected chi connectivity index (χ1v) is 6.75. The molecule has 2 rings (SSSR count). The van der Waals surface area contributed by atoms with Gasteiger partial charge in [-0.1, -0.05) is 19.0 Å². The lowest BCUT2D eigenvalue weighted by Crippen LogP contribution is -2.18. The summed E-state index contributed by atoms with van der Waals surface area (Å²) in [5, 5.41) is 4.05. The molecule has 1 aromatic carbocycles. The van der Waals surface area contributed by atoms with Gasteiger partial charge in [-0.2, -0.15) is 4.98 Å². The molecule has 108 valence electrons. The van der Waals surface area contributed by atoms with Crippen molar-refractivity contribution in [2.45, 2.75) is 26.7 Å². The molecule has 20 heavy (non-hydrogen) atoms. The van der Waals surface area contributed by atoms with E-state index in [2.05, 4.69) is 24.0 Å². The minimum Gasteiger partial charge on any atom is -0.496 e. The number of benzene rings is 1. The van der Waals surface area contributed by atoms with Crippen LogP contribution in [0.1, 0.15) is 31.2 Å². The standard InChI is InChI=1S/C15H21N3O2/c1-9(2)12(8-16)15-17-14(18-20-15)11-5-6-13(19-4)10(3)7-11/h5-7,9,12H,8,16H2,1-4H3. The monoisotopic (exact) mass is 275 g/mol. The van der Waals surface area contributed by atoms with E-state index in [0.717, 1.165) is 16.9 Å². The van der Waals surface area contributed by atoms with E-state index < -0.39 is 0 Å². The zero-order valence-electron chi connectivity index (χ0n) is 12.4. The molecule has 5 nitrogen and oxygen atoms in total. The predicted octanol–water partition coefficient (Wildman–Crippen LogP) is 2.75. The fraction of sp³-hybridized carbons (Fsp3) is 0.467. The fourth-order valence-electron chi connectivity index (χ4n) is 2.18. The van der Waals surface area contributed by atoms with Gasteiger partial charge >= 0.3 is 0 Å². The van der Waals surface area contributed by atoms with Gasteiger partial charge in [0.15, 0.2) is 0 Å². The highest BCUT2D eigenvalue weighted by Crippen LogP contribution is 2.27. The van der Waals surface area contributed by atoms with Crippen molar-refractivity contribution < 1.29 is 9.26 Å². The summed E-state index contributed by atoms with van der Waals surface area (Å²) >= 11 is 0. The Morgan fingerprint density at radius 1 is 1.35 bits per heavy atom. The van der Waals surface area contributed by atoms with Gasteiger partial charge in [-0.3, -0.25) is 0 Å². The van der Waals surface area contributed by atoms with Crippen molar-refractivity contribution in [1.82, 2.24) is 10.1 Å². The van der Waals surface area contributed by atoms with E-state index in [0.29, 0.717) is 24.2 Å². The number of ether oxygens (including phenoxy) is 1. The van der Waals surface area contributed by atoms with Crippen molar-refractivity contribution in [3.63, 3.8) is 0 Å². The van der Waals surface area contributed by atoms with E-state index in [4.69, 9.17) is 15.0 Å². The quantitative estimate of drug-likeness (QED) is 0.908. The normalized spacial score (nSPS) is 12.7. The molecule has 2 N–H and O–H groups in total.